The molecule has 3 aliphatic rings. The number of carbonyl (C=O) groups excluding carboxylic acids is 2. The van der Waals surface area contributed by atoms with Gasteiger partial charge in [-0.05, 0) is 99.3 Å². The van der Waals surface area contributed by atoms with Crippen LogP contribution in [0.2, 0.25) is 0 Å². The Morgan fingerprint density at radius 3 is 2.47 bits per heavy atom. The highest BCUT2D eigenvalue weighted by Crippen LogP contribution is 2.62. The first-order valence-electron chi connectivity index (χ1n) is 20.4. The summed E-state index contributed by atoms with van der Waals surface area (Å²) in [7, 11) is 1.51. The fourth-order valence-corrected chi connectivity index (χ4v) is 8.79. The molecule has 0 bridgehead atoms. The molecule has 0 saturated heterocycles. The Balaban J connectivity index is 1.76. The third-order valence-electron chi connectivity index (χ3n) is 11.1. The van der Waals surface area contributed by atoms with Crippen LogP contribution < -0.4 is 14.2 Å². The van der Waals surface area contributed by atoms with E-state index in [-0.39, 0.29) is 50.6 Å². The van der Waals surface area contributed by atoms with E-state index in [1.54, 1.807) is 35.3 Å². The zero-order valence-corrected chi connectivity index (χ0v) is 33.7. The van der Waals surface area contributed by atoms with Crippen LogP contribution in [0.4, 0.5) is 4.79 Å². The minimum Gasteiger partial charge on any atom is -0.496 e. The molecule has 1 amide bonds. The molecule has 0 radical (unpaired) electrons. The molecule has 310 valence electrons. The molecule has 2 aromatic rings. The first-order valence-corrected chi connectivity index (χ1v) is 20.4. The lowest BCUT2D eigenvalue weighted by atomic mass is 9.55. The number of aliphatic hydroxyl groups excluding tert-OH is 2. The minimum absolute atomic E-state index is 0.0440. The topological polar surface area (TPSA) is 146 Å². The number of rotatable bonds is 23. The molecule has 2 N–H and O–H groups in total. The lowest BCUT2D eigenvalue weighted by Gasteiger charge is -2.59. The number of oxime groups is 1. The van der Waals surface area contributed by atoms with E-state index in [9.17, 15) is 19.8 Å². The molecule has 2 aliphatic carbocycles. The van der Waals surface area contributed by atoms with Gasteiger partial charge >= 0.3 is 6.09 Å². The molecule has 0 aromatic heterocycles. The van der Waals surface area contributed by atoms with Crippen molar-refractivity contribution in [1.82, 2.24) is 4.90 Å². The van der Waals surface area contributed by atoms with Crippen LogP contribution in [0.15, 0.2) is 78.5 Å². The lowest BCUT2D eigenvalue weighted by molar-refractivity contribution is -0.255. The highest BCUT2D eigenvalue weighted by molar-refractivity contribution is 6.03. The average molecular weight is 789 g/mol. The van der Waals surface area contributed by atoms with E-state index in [0.717, 1.165) is 48.8 Å². The molecular weight excluding hydrogens is 728 g/mol. The number of unbranched alkanes of at least 4 members (excludes halogenated alkanes) is 2. The van der Waals surface area contributed by atoms with Crippen LogP contribution in [-0.4, -0.2) is 91.7 Å². The van der Waals surface area contributed by atoms with Crippen LogP contribution in [0.5, 0.6) is 23.0 Å². The van der Waals surface area contributed by atoms with Gasteiger partial charge in [0.2, 0.25) is 5.79 Å². The molecule has 1 heterocycles. The lowest BCUT2D eigenvalue weighted by Crippen LogP contribution is -2.70. The molecule has 5 rings (SSSR count). The zero-order chi connectivity index (χ0) is 40.8. The molecule has 6 atom stereocenters. The Bertz CT molecular complexity index is 1740. The van der Waals surface area contributed by atoms with Gasteiger partial charge < -0.3 is 38.7 Å². The van der Waals surface area contributed by atoms with Crippen molar-refractivity contribution in [3.05, 3.63) is 84.5 Å². The predicted molar refractivity (Wildman–Crippen MR) is 218 cm³/mol. The van der Waals surface area contributed by atoms with E-state index < -0.39 is 23.8 Å². The maximum Gasteiger partial charge on any atom is 0.410 e. The summed E-state index contributed by atoms with van der Waals surface area (Å²) in [5, 5.41) is 24.4. The molecule has 6 unspecified atom stereocenters. The van der Waals surface area contributed by atoms with Crippen molar-refractivity contribution in [3.8, 4) is 23.0 Å². The van der Waals surface area contributed by atoms with Gasteiger partial charge in [-0.3, -0.25) is 9.69 Å². The van der Waals surface area contributed by atoms with E-state index >= 15 is 0 Å². The molecule has 2 aromatic carbocycles. The molecule has 0 spiro atoms. The van der Waals surface area contributed by atoms with Crippen molar-refractivity contribution in [2.45, 2.75) is 89.4 Å². The first-order chi connectivity index (χ1) is 27.8. The van der Waals surface area contributed by atoms with E-state index in [4.69, 9.17) is 33.7 Å². The largest absolute Gasteiger partial charge is 0.496 e. The third kappa shape index (κ3) is 9.73. The second-order valence-electron chi connectivity index (χ2n) is 14.7. The Kier molecular flexibility index (Phi) is 16.2. The fraction of sp³-hybridized carbons (Fsp3) is 0.533. The van der Waals surface area contributed by atoms with Crippen LogP contribution in [0.25, 0.3) is 0 Å². The molecule has 57 heavy (non-hydrogen) atoms. The summed E-state index contributed by atoms with van der Waals surface area (Å²) < 4.78 is 31.8. The number of allylic oxidation sites excluding steroid dienone is 1. The predicted octanol–water partition coefficient (Wildman–Crippen LogP) is 8.38. The summed E-state index contributed by atoms with van der Waals surface area (Å²) in [4.78, 5) is 33.5. The number of amides is 1. The Hall–Kier alpha value is -4.65. The van der Waals surface area contributed by atoms with Gasteiger partial charge in [-0.25, -0.2) is 4.79 Å². The number of ether oxygens (including phenoxy) is 5. The van der Waals surface area contributed by atoms with Crippen molar-refractivity contribution in [2.24, 2.45) is 22.9 Å². The van der Waals surface area contributed by atoms with Crippen LogP contribution in [-0.2, 0) is 14.3 Å². The average Bonchev–Trinajstić information content (AvgIpc) is 3.22. The van der Waals surface area contributed by atoms with E-state index in [1.807, 2.05) is 32.0 Å². The maximum absolute atomic E-state index is 14.1. The number of aldehydes is 1. The van der Waals surface area contributed by atoms with Gasteiger partial charge in [0.15, 0.2) is 6.29 Å². The number of benzene rings is 2. The highest BCUT2D eigenvalue weighted by Gasteiger charge is 2.65. The third-order valence-corrected chi connectivity index (χ3v) is 11.1. The smallest absolute Gasteiger partial charge is 0.410 e. The van der Waals surface area contributed by atoms with Crippen LogP contribution in [0.3, 0.4) is 0 Å². The standard InChI is InChI=1S/C45H60N2O10/c1-6-10-25-53-44(51)47(21-7-2)41-29-38(46-55-9-4)36-27-31(15-11-13-22-48)35(16-12-14-23-49)42-37-28-34(56-33-17-19-39(52-5)32(26-33)30-50)18-20-40(37)57-45(41,43(36)42)54-24-8-3/h6,8,17-20,26-28,30-31,35,41-43,48-49H,1,3,7,9-16,21-25,29H2,2,4-5H3. The molecule has 1 aliphatic heterocycles. The van der Waals surface area contributed by atoms with Crippen LogP contribution in [0, 0.1) is 17.8 Å². The van der Waals surface area contributed by atoms with Crippen molar-refractivity contribution in [2.75, 3.05) is 46.7 Å². The van der Waals surface area contributed by atoms with Gasteiger partial charge in [0, 0.05) is 37.7 Å². The number of carbonyl (C=O) groups is 2. The van der Waals surface area contributed by atoms with E-state index in [0.29, 0.717) is 67.4 Å². The number of hydrogen-bond donors (Lipinski definition) is 2. The SMILES string of the molecule is C=CCCOC(=O)N(CCC)C1CC(=NOCC)C2=CC(CCCCO)C(CCCCO)C3c4cc(Oc5ccc(OC)c(C=O)c5)ccc4OC1(OCC=C)C23. The Labute approximate surface area is 337 Å². The molecular formula is C45H60N2O10. The van der Waals surface area contributed by atoms with Gasteiger partial charge in [0.1, 0.15) is 35.6 Å². The second kappa shape index (κ2) is 21.2. The monoisotopic (exact) mass is 788 g/mol. The second-order valence-corrected chi connectivity index (χ2v) is 14.7. The van der Waals surface area contributed by atoms with E-state index in [2.05, 4.69) is 19.2 Å². The summed E-state index contributed by atoms with van der Waals surface area (Å²) in [5.41, 5.74) is 2.94. The van der Waals surface area contributed by atoms with E-state index in [1.165, 1.54) is 7.11 Å². The number of hydrogen-bond acceptors (Lipinski definition) is 11. The van der Waals surface area contributed by atoms with Gasteiger partial charge in [0.05, 0.1) is 37.5 Å². The van der Waals surface area contributed by atoms with Crippen molar-refractivity contribution >= 4 is 18.1 Å². The quantitative estimate of drug-likeness (QED) is 0.0488. The minimum atomic E-state index is -1.39. The van der Waals surface area contributed by atoms with Gasteiger partial charge in [-0.1, -0.05) is 43.1 Å². The molecule has 12 nitrogen and oxygen atoms in total. The van der Waals surface area contributed by atoms with Gasteiger partial charge in [-0.15, -0.1) is 13.2 Å². The number of methoxy groups -OCH3 is 1. The molecule has 1 saturated carbocycles. The maximum atomic E-state index is 14.1. The number of fused-ring (bicyclic) bond motifs is 2. The van der Waals surface area contributed by atoms with Crippen LogP contribution in [0.1, 0.15) is 93.5 Å². The van der Waals surface area contributed by atoms with Crippen molar-refractivity contribution in [1.29, 1.82) is 0 Å². The highest BCUT2D eigenvalue weighted by atomic mass is 16.7. The fourth-order valence-electron chi connectivity index (χ4n) is 8.79. The summed E-state index contributed by atoms with van der Waals surface area (Å²) in [5.74, 6) is 0.114. The first kappa shape index (κ1) is 43.5. The molecule has 1 fully saturated rings. The Morgan fingerprint density at radius 2 is 1.79 bits per heavy atom. The number of aliphatic hydroxyl groups is 2. The number of nitrogens with zero attached hydrogens (tertiary/aromatic N) is 2. The van der Waals surface area contributed by atoms with Crippen molar-refractivity contribution in [3.63, 3.8) is 0 Å². The zero-order valence-electron chi connectivity index (χ0n) is 33.7. The van der Waals surface area contributed by atoms with Crippen LogP contribution >= 0.6 is 0 Å². The normalized spacial score (nSPS) is 23.9. The summed E-state index contributed by atoms with van der Waals surface area (Å²) >= 11 is 0. The molecule has 12 heteroatoms. The summed E-state index contributed by atoms with van der Waals surface area (Å²) in [6.07, 6.45) is 12.0. The summed E-state index contributed by atoms with van der Waals surface area (Å²) in [6, 6.07) is 10.1. The van der Waals surface area contributed by atoms with Crippen molar-refractivity contribution < 1.29 is 48.3 Å². The summed E-state index contributed by atoms with van der Waals surface area (Å²) in [6.45, 7) is 12.9. The Morgan fingerprint density at radius 1 is 1.04 bits per heavy atom. The van der Waals surface area contributed by atoms with Gasteiger partial charge in [0.25, 0.3) is 0 Å². The van der Waals surface area contributed by atoms with Gasteiger partial charge in [-0.2, -0.15) is 0 Å².